The van der Waals surface area contributed by atoms with Crippen molar-refractivity contribution in [2.24, 2.45) is 0 Å². The minimum absolute atomic E-state index is 0.269. The van der Waals surface area contributed by atoms with Crippen molar-refractivity contribution in [1.29, 1.82) is 0 Å². The van der Waals surface area contributed by atoms with Crippen molar-refractivity contribution in [2.75, 3.05) is 6.61 Å². The monoisotopic (exact) mass is 475 g/mol. The average molecular weight is 476 g/mol. The third kappa shape index (κ3) is 7.33. The number of hydrogen-bond donors (Lipinski definition) is 1. The van der Waals surface area contributed by atoms with Crippen molar-refractivity contribution in [3.63, 3.8) is 0 Å². The number of rotatable bonds is 7. The van der Waals surface area contributed by atoms with Crippen LogP contribution in [0.5, 0.6) is 0 Å². The lowest BCUT2D eigenvalue weighted by atomic mass is 9.86. The number of ether oxygens (including phenoxy) is 1. The summed E-state index contributed by atoms with van der Waals surface area (Å²) in [5.74, 6) is -1.02. The van der Waals surface area contributed by atoms with Gasteiger partial charge in [0.2, 0.25) is 5.60 Å². The Morgan fingerprint density at radius 3 is 1.64 bits per heavy atom. The summed E-state index contributed by atoms with van der Waals surface area (Å²) in [7, 11) is -4.94. The number of halogens is 1. The summed E-state index contributed by atoms with van der Waals surface area (Å²) in [6.07, 6.45) is 0. The molecule has 0 fully saturated rings. The van der Waals surface area contributed by atoms with E-state index in [0.29, 0.717) is 17.7 Å². The molecular formula is C24H26ClNO7. The fourth-order valence-corrected chi connectivity index (χ4v) is 3.77. The Labute approximate surface area is 194 Å². The number of nitrogens with zero attached hydrogens (tertiary/aromatic N) is 1. The molecule has 1 N–H and O–H groups in total. The van der Waals surface area contributed by atoms with Crippen LogP contribution in [0.1, 0.15) is 28.1 Å². The van der Waals surface area contributed by atoms with E-state index in [2.05, 4.69) is 37.5 Å². The molecule has 9 heteroatoms. The van der Waals surface area contributed by atoms with Crippen molar-refractivity contribution in [2.45, 2.75) is 32.9 Å². The second kappa shape index (κ2) is 11.3. The van der Waals surface area contributed by atoms with E-state index in [1.807, 2.05) is 36.4 Å². The van der Waals surface area contributed by atoms with Gasteiger partial charge in [-0.3, -0.25) is 0 Å². The van der Waals surface area contributed by atoms with Gasteiger partial charge in [-0.15, -0.1) is 10.2 Å². The topological polar surface area (TPSA) is 143 Å². The Kier molecular flexibility index (Phi) is 9.07. The molecule has 1 aromatic heterocycles. The smallest absolute Gasteiger partial charge is 0.345 e. The Bertz CT molecular complexity index is 985. The van der Waals surface area contributed by atoms with Gasteiger partial charge >= 0.3 is 5.97 Å². The van der Waals surface area contributed by atoms with Gasteiger partial charge < -0.3 is 9.84 Å². The fraction of sp³-hybridized carbons (Fsp3) is 0.250. The zero-order valence-corrected chi connectivity index (χ0v) is 19.3. The van der Waals surface area contributed by atoms with E-state index in [-0.39, 0.29) is 6.61 Å². The van der Waals surface area contributed by atoms with Gasteiger partial charge in [-0.25, -0.2) is 23.4 Å². The number of aryl methyl sites for hydroxylation is 3. The second-order valence-electron chi connectivity index (χ2n) is 7.41. The normalized spacial score (nSPS) is 11.5. The summed E-state index contributed by atoms with van der Waals surface area (Å²) < 4.78 is 42.3. The van der Waals surface area contributed by atoms with Gasteiger partial charge in [-0.2, -0.15) is 4.57 Å². The summed E-state index contributed by atoms with van der Waals surface area (Å²) >= 11 is 0. The molecule has 0 aliphatic heterocycles. The number of aliphatic carboxylic acids is 1. The van der Waals surface area contributed by atoms with Crippen molar-refractivity contribution < 1.29 is 48.1 Å². The summed E-state index contributed by atoms with van der Waals surface area (Å²) in [5.41, 5.74) is 3.13. The van der Waals surface area contributed by atoms with Crippen LogP contribution in [0.3, 0.4) is 0 Å². The number of carbonyl (C=O) groups is 1. The van der Waals surface area contributed by atoms with Crippen LogP contribution in [-0.2, 0) is 21.7 Å². The predicted octanol–water partition coefficient (Wildman–Crippen LogP) is -0.812. The molecule has 0 saturated carbocycles. The van der Waals surface area contributed by atoms with Crippen LogP contribution in [0.2, 0.25) is 0 Å². The molecule has 0 atom stereocenters. The molecule has 2 aromatic carbocycles. The number of aromatic nitrogens is 1. The Hall–Kier alpha value is -2.85. The number of carboxylic acids is 1. The van der Waals surface area contributed by atoms with Crippen LogP contribution in [0, 0.1) is 31.0 Å². The van der Waals surface area contributed by atoms with E-state index in [1.165, 1.54) is 5.56 Å². The van der Waals surface area contributed by atoms with Crippen LogP contribution < -0.4 is 23.2 Å². The molecule has 0 unspecified atom stereocenters. The molecule has 8 nitrogen and oxygen atoms in total. The molecule has 0 aliphatic carbocycles. The lowest BCUT2D eigenvalue weighted by Gasteiger charge is -2.30. The van der Waals surface area contributed by atoms with Crippen LogP contribution >= 0.6 is 0 Å². The van der Waals surface area contributed by atoms with E-state index in [9.17, 15) is 9.90 Å². The molecule has 0 amide bonds. The molecule has 0 aliphatic rings. The van der Waals surface area contributed by atoms with Crippen LogP contribution in [0.15, 0.2) is 72.8 Å². The van der Waals surface area contributed by atoms with E-state index in [4.69, 9.17) is 23.4 Å². The maximum Gasteiger partial charge on any atom is 0.345 e. The number of pyridine rings is 1. The quantitative estimate of drug-likeness (QED) is 0.440. The molecule has 1 heterocycles. The molecule has 3 rings (SSSR count). The van der Waals surface area contributed by atoms with E-state index in [0.717, 1.165) is 11.4 Å². The van der Waals surface area contributed by atoms with Crippen LogP contribution in [-0.4, -0.2) is 17.7 Å². The zero-order chi connectivity index (χ0) is 24.6. The number of carboxylic acid groups (broad SMARTS) is 1. The standard InChI is InChI=1S/C24H25NO3.ClHO4/c1-18-16-19(2)25(20(3)17-18)14-15-28-24(23(26)27,21-10-6-4-7-11-21)22-12-8-5-9-13-22;2-1(3,4)5/h4-13,16-17H,14-15H2,1-3H3;(H,2,3,4,5). The van der Waals surface area contributed by atoms with Gasteiger partial charge in [0.05, 0.1) is 0 Å². The molecule has 0 spiro atoms. The average Bonchev–Trinajstić information content (AvgIpc) is 2.72. The summed E-state index contributed by atoms with van der Waals surface area (Å²) in [5, 5.41) is 10.2. The second-order valence-corrected chi connectivity index (χ2v) is 8.17. The third-order valence-electron chi connectivity index (χ3n) is 5.02. The van der Waals surface area contributed by atoms with Gasteiger partial charge in [-0.1, -0.05) is 60.7 Å². The molecule has 0 radical (unpaired) electrons. The minimum atomic E-state index is -4.94. The Morgan fingerprint density at radius 1 is 0.879 bits per heavy atom. The highest BCUT2D eigenvalue weighted by molar-refractivity contribution is 5.84. The highest BCUT2D eigenvalue weighted by Crippen LogP contribution is 2.34. The van der Waals surface area contributed by atoms with Crippen LogP contribution in [0.4, 0.5) is 0 Å². The largest absolute Gasteiger partial charge is 0.479 e. The first kappa shape index (κ1) is 26.4. The molecule has 0 saturated heterocycles. The first-order valence-corrected chi connectivity index (χ1v) is 11.3. The molecule has 3 aromatic rings. The maximum absolute atomic E-state index is 12.5. The Balaban J connectivity index is 0.000000696. The molecule has 0 bridgehead atoms. The van der Waals surface area contributed by atoms with Crippen LogP contribution in [0.25, 0.3) is 0 Å². The highest BCUT2D eigenvalue weighted by Gasteiger charge is 2.44. The summed E-state index contributed by atoms with van der Waals surface area (Å²) in [4.78, 5) is 12.5. The van der Waals surface area contributed by atoms with Gasteiger partial charge in [0.15, 0.2) is 17.9 Å². The summed E-state index contributed by atoms with van der Waals surface area (Å²) in [6.45, 7) is 7.02. The number of benzene rings is 2. The number of hydrogen-bond acceptors (Lipinski definition) is 6. The lowest BCUT2D eigenvalue weighted by molar-refractivity contribution is -2.00. The first-order valence-electron chi connectivity index (χ1n) is 10.0. The predicted molar refractivity (Wildman–Crippen MR) is 108 cm³/mol. The fourth-order valence-electron chi connectivity index (χ4n) is 3.77. The van der Waals surface area contributed by atoms with Gasteiger partial charge in [0, 0.05) is 26.0 Å². The van der Waals surface area contributed by atoms with Crippen molar-refractivity contribution in [3.05, 3.63) is 101 Å². The SMILES string of the molecule is Cc1cc(C)[n+](CCOC(C(=O)O)(c2ccccc2)c2ccccc2)c(C)c1.[O-][Cl+3]([O-])([O-])[O-]. The first-order chi connectivity index (χ1) is 15.4. The minimum Gasteiger partial charge on any atom is -0.479 e. The lowest BCUT2D eigenvalue weighted by Crippen LogP contribution is -2.68. The van der Waals surface area contributed by atoms with Crippen molar-refractivity contribution in [3.8, 4) is 0 Å². The molecular weight excluding hydrogens is 450 g/mol. The maximum atomic E-state index is 12.5. The van der Waals surface area contributed by atoms with E-state index in [1.54, 1.807) is 24.3 Å². The van der Waals surface area contributed by atoms with Gasteiger partial charge in [-0.05, 0) is 23.6 Å². The third-order valence-corrected chi connectivity index (χ3v) is 5.02. The zero-order valence-electron chi connectivity index (χ0n) is 18.6. The molecule has 176 valence electrons. The highest BCUT2D eigenvalue weighted by atomic mass is 35.7. The molecule has 33 heavy (non-hydrogen) atoms. The van der Waals surface area contributed by atoms with E-state index >= 15 is 0 Å². The van der Waals surface area contributed by atoms with Crippen molar-refractivity contribution >= 4 is 5.97 Å². The van der Waals surface area contributed by atoms with Gasteiger partial charge in [0.1, 0.15) is 6.61 Å². The van der Waals surface area contributed by atoms with E-state index < -0.39 is 21.8 Å². The van der Waals surface area contributed by atoms with Gasteiger partial charge in [0.25, 0.3) is 0 Å². The summed E-state index contributed by atoms with van der Waals surface area (Å²) in [6, 6.07) is 22.5. The Morgan fingerprint density at radius 2 is 1.27 bits per heavy atom. The van der Waals surface area contributed by atoms with Crippen molar-refractivity contribution in [1.82, 2.24) is 0 Å².